The van der Waals surface area contributed by atoms with E-state index in [1.807, 2.05) is 35.0 Å². The molecular weight excluding hydrogens is 368 g/mol. The molecule has 0 bridgehead atoms. The Bertz CT molecular complexity index is 1160. The molecule has 8 heteroatoms. The van der Waals surface area contributed by atoms with Gasteiger partial charge in [0.1, 0.15) is 5.69 Å². The number of aryl methyl sites for hydroxylation is 1. The van der Waals surface area contributed by atoms with Crippen molar-refractivity contribution in [2.75, 3.05) is 5.32 Å². The third kappa shape index (κ3) is 3.40. The van der Waals surface area contributed by atoms with Crippen LogP contribution in [0.1, 0.15) is 40.6 Å². The summed E-state index contributed by atoms with van der Waals surface area (Å²) in [5.41, 5.74) is 3.64. The maximum Gasteiger partial charge on any atom is 0.276 e. The number of hydrogen-bond donors (Lipinski definition) is 1. The van der Waals surface area contributed by atoms with Crippen LogP contribution in [0.2, 0.25) is 0 Å². The summed E-state index contributed by atoms with van der Waals surface area (Å²) in [6.45, 7) is 1.74. The van der Waals surface area contributed by atoms with Gasteiger partial charge in [0.05, 0.1) is 35.0 Å². The molecule has 1 amide bonds. The van der Waals surface area contributed by atoms with E-state index in [-0.39, 0.29) is 5.91 Å². The Morgan fingerprint density at radius 1 is 1.14 bits per heavy atom. The third-order valence-corrected chi connectivity index (χ3v) is 4.78. The van der Waals surface area contributed by atoms with Crippen LogP contribution < -0.4 is 5.32 Å². The summed E-state index contributed by atoms with van der Waals surface area (Å²) in [5.74, 6) is 1.06. The zero-order chi connectivity index (χ0) is 19.8. The lowest BCUT2D eigenvalue weighted by Gasteiger charge is -2.09. The molecule has 0 saturated heterocycles. The van der Waals surface area contributed by atoms with Crippen LogP contribution in [0.3, 0.4) is 0 Å². The summed E-state index contributed by atoms with van der Waals surface area (Å²) in [5, 5.41) is 11.1. The van der Waals surface area contributed by atoms with Gasteiger partial charge >= 0.3 is 0 Å². The fourth-order valence-corrected chi connectivity index (χ4v) is 3.25. The molecule has 1 saturated carbocycles. The molecule has 3 heterocycles. The number of carbonyl (C=O) groups excluding carboxylic acids is 1. The number of pyridine rings is 1. The van der Waals surface area contributed by atoms with E-state index in [9.17, 15) is 4.79 Å². The molecule has 0 radical (unpaired) electrons. The first-order chi connectivity index (χ1) is 14.2. The Labute approximate surface area is 166 Å². The van der Waals surface area contributed by atoms with Gasteiger partial charge < -0.3 is 9.84 Å². The van der Waals surface area contributed by atoms with Crippen molar-refractivity contribution in [1.82, 2.24) is 24.9 Å². The van der Waals surface area contributed by atoms with Gasteiger partial charge in [-0.3, -0.25) is 4.79 Å². The van der Waals surface area contributed by atoms with E-state index < -0.39 is 0 Å². The lowest BCUT2D eigenvalue weighted by molar-refractivity contribution is 0.102. The number of benzene rings is 1. The summed E-state index contributed by atoms with van der Waals surface area (Å²) in [4.78, 5) is 21.4. The first-order valence-electron chi connectivity index (χ1n) is 9.40. The summed E-state index contributed by atoms with van der Waals surface area (Å²) >= 11 is 0. The number of nitrogens with one attached hydrogen (secondary N) is 1. The molecule has 1 aliphatic rings. The molecule has 29 heavy (non-hydrogen) atoms. The minimum absolute atomic E-state index is 0.197. The molecule has 1 N–H and O–H groups in total. The summed E-state index contributed by atoms with van der Waals surface area (Å²) in [7, 11) is 0. The van der Waals surface area contributed by atoms with Crippen molar-refractivity contribution in [1.29, 1.82) is 0 Å². The van der Waals surface area contributed by atoms with Crippen molar-refractivity contribution in [2.45, 2.75) is 25.7 Å². The fourth-order valence-electron chi connectivity index (χ4n) is 3.25. The number of para-hydroxylation sites is 1. The zero-order valence-electron chi connectivity index (χ0n) is 15.7. The second-order valence-corrected chi connectivity index (χ2v) is 7.00. The van der Waals surface area contributed by atoms with E-state index in [0.717, 1.165) is 24.2 Å². The van der Waals surface area contributed by atoms with Gasteiger partial charge in [-0.2, -0.15) is 10.1 Å². The first kappa shape index (κ1) is 17.3. The van der Waals surface area contributed by atoms with Gasteiger partial charge in [0.2, 0.25) is 0 Å². The van der Waals surface area contributed by atoms with Crippen LogP contribution >= 0.6 is 0 Å². The Morgan fingerprint density at radius 3 is 2.62 bits per heavy atom. The molecular formula is C21H18N6O2. The second-order valence-electron chi connectivity index (χ2n) is 7.00. The monoisotopic (exact) mass is 386 g/mol. The smallest absolute Gasteiger partial charge is 0.276 e. The van der Waals surface area contributed by atoms with Gasteiger partial charge in [-0.25, -0.2) is 9.67 Å². The van der Waals surface area contributed by atoms with Crippen molar-refractivity contribution in [3.63, 3.8) is 0 Å². The average Bonchev–Trinajstić information content (AvgIpc) is 3.33. The van der Waals surface area contributed by atoms with Crippen LogP contribution in [0, 0.1) is 6.92 Å². The minimum atomic E-state index is -0.197. The molecule has 0 aliphatic heterocycles. The van der Waals surface area contributed by atoms with Crippen molar-refractivity contribution >= 4 is 11.6 Å². The van der Waals surface area contributed by atoms with Crippen molar-refractivity contribution in [2.24, 2.45) is 0 Å². The Hall–Kier alpha value is -3.81. The van der Waals surface area contributed by atoms with E-state index in [2.05, 4.69) is 25.5 Å². The number of anilines is 1. The highest BCUT2D eigenvalue weighted by Gasteiger charge is 2.33. The predicted molar refractivity (Wildman–Crippen MR) is 106 cm³/mol. The highest BCUT2D eigenvalue weighted by atomic mass is 16.5. The second kappa shape index (κ2) is 6.97. The maximum absolute atomic E-state index is 12.9. The highest BCUT2D eigenvalue weighted by Crippen LogP contribution is 2.42. The summed E-state index contributed by atoms with van der Waals surface area (Å²) < 4.78 is 6.98. The number of nitrogens with zero attached hydrogens (tertiary/aromatic N) is 5. The minimum Gasteiger partial charge on any atom is -0.332 e. The quantitative estimate of drug-likeness (QED) is 0.561. The Balaban J connectivity index is 1.39. The van der Waals surface area contributed by atoms with E-state index in [1.54, 1.807) is 31.5 Å². The van der Waals surface area contributed by atoms with Crippen LogP contribution in [0.25, 0.3) is 17.3 Å². The van der Waals surface area contributed by atoms with Crippen molar-refractivity contribution in [3.8, 4) is 17.3 Å². The van der Waals surface area contributed by atoms with Gasteiger partial charge in [0.25, 0.3) is 11.8 Å². The largest absolute Gasteiger partial charge is 0.332 e. The molecule has 4 aromatic rings. The SMILES string of the molecule is Cc1noc(-c2ccc(NC(=O)c3cnn(-c4ccccc4)c3C3CC3)cn2)n1. The van der Waals surface area contributed by atoms with Gasteiger partial charge in [-0.1, -0.05) is 23.4 Å². The number of hydrogen-bond acceptors (Lipinski definition) is 6. The molecule has 0 unspecified atom stereocenters. The molecule has 3 aromatic heterocycles. The number of rotatable bonds is 5. The molecule has 0 atom stereocenters. The zero-order valence-corrected chi connectivity index (χ0v) is 15.7. The van der Waals surface area contributed by atoms with Crippen LogP contribution in [-0.4, -0.2) is 30.8 Å². The molecule has 8 nitrogen and oxygen atoms in total. The van der Waals surface area contributed by atoms with Gasteiger partial charge in [-0.05, 0) is 44.0 Å². The third-order valence-electron chi connectivity index (χ3n) is 4.78. The van der Waals surface area contributed by atoms with E-state index in [4.69, 9.17) is 4.52 Å². The topological polar surface area (TPSA) is 98.7 Å². The molecule has 5 rings (SSSR count). The fraction of sp³-hybridized carbons (Fsp3) is 0.190. The number of amides is 1. The predicted octanol–water partition coefficient (Wildman–Crippen LogP) is 3.76. The van der Waals surface area contributed by atoms with Gasteiger partial charge in [-0.15, -0.1) is 0 Å². The molecule has 1 aliphatic carbocycles. The standard InChI is InChI=1S/C21H18N6O2/c1-13-24-21(29-26-13)18-10-9-15(11-22-18)25-20(28)17-12-23-27(19(17)14-7-8-14)16-5-3-2-4-6-16/h2-6,9-12,14H,7-8H2,1H3,(H,25,28). The summed E-state index contributed by atoms with van der Waals surface area (Å²) in [6.07, 6.45) is 5.35. The van der Waals surface area contributed by atoms with Gasteiger partial charge in [0.15, 0.2) is 5.82 Å². The van der Waals surface area contributed by atoms with Gasteiger partial charge in [0, 0.05) is 5.92 Å². The lowest BCUT2D eigenvalue weighted by atomic mass is 10.1. The number of carbonyl (C=O) groups is 1. The highest BCUT2D eigenvalue weighted by molar-refractivity contribution is 6.05. The average molecular weight is 386 g/mol. The number of aromatic nitrogens is 5. The van der Waals surface area contributed by atoms with E-state index >= 15 is 0 Å². The Morgan fingerprint density at radius 2 is 1.97 bits per heavy atom. The van der Waals surface area contributed by atoms with Crippen molar-refractivity contribution in [3.05, 3.63) is 71.9 Å². The molecule has 144 valence electrons. The molecule has 0 spiro atoms. The van der Waals surface area contributed by atoms with Crippen molar-refractivity contribution < 1.29 is 9.32 Å². The lowest BCUT2D eigenvalue weighted by Crippen LogP contribution is -2.14. The van der Waals surface area contributed by atoms with Crippen LogP contribution in [0.4, 0.5) is 5.69 Å². The van der Waals surface area contributed by atoms with Crippen LogP contribution in [-0.2, 0) is 0 Å². The summed E-state index contributed by atoms with van der Waals surface area (Å²) in [6, 6.07) is 13.4. The van der Waals surface area contributed by atoms with Crippen LogP contribution in [0.5, 0.6) is 0 Å². The normalized spacial score (nSPS) is 13.4. The maximum atomic E-state index is 12.9. The van der Waals surface area contributed by atoms with E-state index in [0.29, 0.717) is 34.6 Å². The molecule has 1 aromatic carbocycles. The van der Waals surface area contributed by atoms with E-state index in [1.165, 1.54) is 0 Å². The van der Waals surface area contributed by atoms with Crippen LogP contribution in [0.15, 0.2) is 59.4 Å². The molecule has 1 fully saturated rings. The first-order valence-corrected chi connectivity index (χ1v) is 9.40. The Kier molecular flexibility index (Phi) is 4.16.